The van der Waals surface area contributed by atoms with Gasteiger partial charge in [-0.3, -0.25) is 14.5 Å². The van der Waals surface area contributed by atoms with Crippen LogP contribution in [-0.4, -0.2) is 66.5 Å². The lowest BCUT2D eigenvalue weighted by molar-refractivity contribution is -0.125. The van der Waals surface area contributed by atoms with Crippen LogP contribution in [0.15, 0.2) is 54.0 Å². The van der Waals surface area contributed by atoms with Gasteiger partial charge in [-0.05, 0) is 41.2 Å². The van der Waals surface area contributed by atoms with Gasteiger partial charge in [-0.2, -0.15) is 0 Å². The van der Waals surface area contributed by atoms with E-state index in [9.17, 15) is 9.59 Å². The quantitative estimate of drug-likeness (QED) is 0.451. The highest BCUT2D eigenvalue weighted by molar-refractivity contribution is 7.13. The van der Waals surface area contributed by atoms with E-state index < -0.39 is 0 Å². The van der Waals surface area contributed by atoms with Crippen LogP contribution in [0.1, 0.15) is 16.7 Å². The van der Waals surface area contributed by atoms with Gasteiger partial charge in [0.05, 0.1) is 13.2 Å². The average molecular weight is 479 g/mol. The van der Waals surface area contributed by atoms with Crippen LogP contribution in [0, 0.1) is 6.92 Å². The van der Waals surface area contributed by atoms with Gasteiger partial charge in [0.15, 0.2) is 5.13 Å². The molecule has 4 rings (SSSR count). The lowest BCUT2D eigenvalue weighted by Gasteiger charge is -2.26. The predicted molar refractivity (Wildman–Crippen MR) is 135 cm³/mol. The van der Waals surface area contributed by atoms with Crippen molar-refractivity contribution in [3.63, 3.8) is 0 Å². The normalized spacial score (nSPS) is 14.0. The smallest absolute Gasteiger partial charge is 0.245 e. The molecule has 1 N–H and O–H groups in total. The third kappa shape index (κ3) is 6.72. The number of thiazole rings is 1. The van der Waals surface area contributed by atoms with E-state index in [0.29, 0.717) is 18.1 Å². The molecule has 0 spiro atoms. The molecule has 2 heterocycles. The number of hydrogen-bond donors (Lipinski definition) is 1. The molecule has 1 fully saturated rings. The van der Waals surface area contributed by atoms with Crippen LogP contribution in [0.4, 0.5) is 5.13 Å². The molecule has 0 atom stereocenters. The van der Waals surface area contributed by atoms with E-state index >= 15 is 0 Å². The number of carbonyl (C=O) groups is 2. The second-order valence-electron chi connectivity index (χ2n) is 8.44. The molecule has 0 radical (unpaired) electrons. The summed E-state index contributed by atoms with van der Waals surface area (Å²) in [5.74, 6) is -0.259. The first-order valence-electron chi connectivity index (χ1n) is 11.5. The minimum Gasteiger partial charge on any atom is -0.379 e. The molecule has 0 bridgehead atoms. The monoisotopic (exact) mass is 478 g/mol. The summed E-state index contributed by atoms with van der Waals surface area (Å²) < 4.78 is 5.43. The van der Waals surface area contributed by atoms with E-state index in [2.05, 4.69) is 51.6 Å². The molecule has 1 saturated heterocycles. The first-order valence-corrected chi connectivity index (χ1v) is 12.4. The molecular formula is C26H30N4O3S. The molecular weight excluding hydrogens is 448 g/mol. The average Bonchev–Trinajstić information content (AvgIpc) is 3.37. The first kappa shape index (κ1) is 24.1. The third-order valence-electron chi connectivity index (χ3n) is 5.97. The van der Waals surface area contributed by atoms with Crippen molar-refractivity contribution in [2.75, 3.05) is 44.7 Å². The number of aromatic nitrogens is 1. The van der Waals surface area contributed by atoms with Gasteiger partial charge < -0.3 is 15.0 Å². The van der Waals surface area contributed by atoms with E-state index in [0.717, 1.165) is 56.0 Å². The Morgan fingerprint density at radius 1 is 1.21 bits per heavy atom. The molecule has 178 valence electrons. The van der Waals surface area contributed by atoms with Crippen LogP contribution in [0.5, 0.6) is 0 Å². The fourth-order valence-corrected chi connectivity index (χ4v) is 4.59. The number of nitrogens with zero attached hydrogens (tertiary/aromatic N) is 3. The first-order chi connectivity index (χ1) is 16.6. The van der Waals surface area contributed by atoms with E-state index in [1.54, 1.807) is 11.6 Å². The summed E-state index contributed by atoms with van der Waals surface area (Å²) in [7, 11) is 0. The molecule has 1 aromatic heterocycles. The fourth-order valence-electron chi connectivity index (χ4n) is 4.05. The van der Waals surface area contributed by atoms with Gasteiger partial charge in [0.2, 0.25) is 12.3 Å². The van der Waals surface area contributed by atoms with Crippen molar-refractivity contribution in [1.29, 1.82) is 0 Å². The number of hydrogen-bond acceptors (Lipinski definition) is 6. The number of aryl methyl sites for hydroxylation is 1. The number of carbonyl (C=O) groups excluding carboxylic acids is 2. The number of nitrogens with one attached hydrogen (secondary N) is 1. The molecule has 3 aromatic rings. The largest absolute Gasteiger partial charge is 0.379 e. The molecule has 0 unspecified atom stereocenters. The summed E-state index contributed by atoms with van der Waals surface area (Å²) in [5, 5.41) is 5.03. The molecule has 1 aliphatic heterocycles. The maximum absolute atomic E-state index is 12.2. The van der Waals surface area contributed by atoms with Crippen molar-refractivity contribution >= 4 is 28.8 Å². The lowest BCUT2D eigenvalue weighted by atomic mass is 9.97. The number of rotatable bonds is 10. The molecule has 1 aliphatic rings. The summed E-state index contributed by atoms with van der Waals surface area (Å²) in [6.45, 7) is 7.10. The predicted octanol–water partition coefficient (Wildman–Crippen LogP) is 3.59. The van der Waals surface area contributed by atoms with Gasteiger partial charge in [-0.1, -0.05) is 42.5 Å². The maximum Gasteiger partial charge on any atom is 0.245 e. The van der Waals surface area contributed by atoms with E-state index in [-0.39, 0.29) is 12.5 Å². The van der Waals surface area contributed by atoms with Crippen LogP contribution in [0.3, 0.4) is 0 Å². The summed E-state index contributed by atoms with van der Waals surface area (Å²) in [4.78, 5) is 31.8. The lowest BCUT2D eigenvalue weighted by Crippen LogP contribution is -2.37. The Morgan fingerprint density at radius 3 is 2.76 bits per heavy atom. The zero-order chi connectivity index (χ0) is 23.8. The van der Waals surface area contributed by atoms with Crippen LogP contribution < -0.4 is 5.32 Å². The van der Waals surface area contributed by atoms with Crippen LogP contribution in [0.2, 0.25) is 0 Å². The number of ether oxygens (including phenoxy) is 1. The number of morpholine rings is 1. The summed E-state index contributed by atoms with van der Waals surface area (Å²) in [5.41, 5.74) is 5.76. The van der Waals surface area contributed by atoms with Gasteiger partial charge in [0.1, 0.15) is 6.54 Å². The number of anilines is 1. The molecule has 34 heavy (non-hydrogen) atoms. The number of amides is 2. The third-order valence-corrected chi connectivity index (χ3v) is 6.66. The van der Waals surface area contributed by atoms with E-state index in [1.807, 2.05) is 13.0 Å². The van der Waals surface area contributed by atoms with Gasteiger partial charge in [0.25, 0.3) is 0 Å². The minimum atomic E-state index is -0.259. The maximum atomic E-state index is 12.2. The summed E-state index contributed by atoms with van der Waals surface area (Å²) in [6, 6.07) is 15.0. The zero-order valence-corrected chi connectivity index (χ0v) is 20.2. The number of benzene rings is 2. The standard InChI is InChI=1S/C26H30N4O3S/c1-20-15-23(22-4-2-3-21(16-22)7-9-29-10-12-33-13-11-29)5-6-24(20)17-30(19-31)18-25(32)28-26-27-8-14-34-26/h2-6,8,14-16,19H,7,9-13,17-18H2,1H3,(H,27,28,32). The minimum absolute atomic E-state index is 0.0184. The van der Waals surface area contributed by atoms with Crippen molar-refractivity contribution < 1.29 is 14.3 Å². The van der Waals surface area contributed by atoms with Gasteiger partial charge >= 0.3 is 0 Å². The highest BCUT2D eigenvalue weighted by Gasteiger charge is 2.13. The highest BCUT2D eigenvalue weighted by Crippen LogP contribution is 2.24. The molecule has 2 amide bonds. The Balaban J connectivity index is 1.37. The second kappa shape index (κ2) is 11.9. The van der Waals surface area contributed by atoms with Crippen molar-refractivity contribution in [1.82, 2.24) is 14.8 Å². The summed E-state index contributed by atoms with van der Waals surface area (Å²) >= 11 is 1.35. The molecule has 0 aliphatic carbocycles. The summed E-state index contributed by atoms with van der Waals surface area (Å²) in [6.07, 6.45) is 3.36. The van der Waals surface area contributed by atoms with Crippen molar-refractivity contribution in [3.05, 3.63) is 70.7 Å². The van der Waals surface area contributed by atoms with Gasteiger partial charge in [-0.15, -0.1) is 11.3 Å². The van der Waals surface area contributed by atoms with Crippen LogP contribution in [-0.2, 0) is 27.3 Å². The SMILES string of the molecule is Cc1cc(-c2cccc(CCN3CCOCC3)c2)ccc1CN(C=O)CC(=O)Nc1nccs1. The Labute approximate surface area is 204 Å². The molecule has 0 saturated carbocycles. The zero-order valence-electron chi connectivity index (χ0n) is 19.4. The van der Waals surface area contributed by atoms with Crippen molar-refractivity contribution in [3.8, 4) is 11.1 Å². The molecule has 8 heteroatoms. The Bertz CT molecular complexity index is 1100. The van der Waals surface area contributed by atoms with Crippen LogP contribution in [0.25, 0.3) is 11.1 Å². The van der Waals surface area contributed by atoms with E-state index in [4.69, 9.17) is 4.74 Å². The fraction of sp³-hybridized carbons (Fsp3) is 0.346. The topological polar surface area (TPSA) is 74.8 Å². The van der Waals surface area contributed by atoms with Gasteiger partial charge in [-0.25, -0.2) is 4.98 Å². The van der Waals surface area contributed by atoms with Gasteiger partial charge in [0, 0.05) is 37.8 Å². The highest BCUT2D eigenvalue weighted by atomic mass is 32.1. The van der Waals surface area contributed by atoms with Crippen molar-refractivity contribution in [2.24, 2.45) is 0 Å². The Morgan fingerprint density at radius 2 is 2.03 bits per heavy atom. The Hall–Kier alpha value is -3.07. The molecule has 7 nitrogen and oxygen atoms in total. The second-order valence-corrected chi connectivity index (χ2v) is 9.34. The van der Waals surface area contributed by atoms with Crippen LogP contribution >= 0.6 is 11.3 Å². The van der Waals surface area contributed by atoms with Crippen molar-refractivity contribution in [2.45, 2.75) is 19.9 Å². The Kier molecular flexibility index (Phi) is 8.41. The van der Waals surface area contributed by atoms with E-state index in [1.165, 1.54) is 27.4 Å². The molecule has 2 aromatic carbocycles.